The van der Waals surface area contributed by atoms with Gasteiger partial charge in [-0.05, 0) is 11.6 Å². The third-order valence-electron chi connectivity index (χ3n) is 1.50. The molecule has 0 heterocycles. The molecule has 0 aliphatic carbocycles. The largest absolute Gasteiger partial charge is 0.288 e. The fraction of sp³-hybridized carbons (Fsp3) is 0.222. The Hall–Kier alpha value is -1.19. The van der Waals surface area contributed by atoms with Gasteiger partial charge in [-0.1, -0.05) is 30.0 Å². The van der Waals surface area contributed by atoms with Crippen molar-refractivity contribution in [1.29, 1.82) is 0 Å². The summed E-state index contributed by atoms with van der Waals surface area (Å²) in [5, 5.41) is 0. The highest BCUT2D eigenvalue weighted by molar-refractivity contribution is 7.99. The van der Waals surface area contributed by atoms with Crippen molar-refractivity contribution in [2.75, 3.05) is 0 Å². The lowest BCUT2D eigenvalue weighted by molar-refractivity contribution is 0.252. The summed E-state index contributed by atoms with van der Waals surface area (Å²) in [6.07, 6.45) is 1.37. The molecule has 0 unspecified atom stereocenters. The van der Waals surface area contributed by atoms with E-state index in [2.05, 4.69) is 4.99 Å². The van der Waals surface area contributed by atoms with E-state index in [0.29, 0.717) is 22.2 Å². The third-order valence-corrected chi connectivity index (χ3v) is 2.33. The van der Waals surface area contributed by atoms with Crippen LogP contribution in [0.25, 0.3) is 0 Å². The summed E-state index contributed by atoms with van der Waals surface area (Å²) in [5.41, 5.74) is 0.612. The lowest BCUT2D eigenvalue weighted by atomic mass is 10.2. The molecule has 1 rings (SSSR count). The average molecular weight is 215 g/mol. The lowest BCUT2D eigenvalue weighted by Gasteiger charge is -2.04. The average Bonchev–Trinajstić information content (AvgIpc) is 2.16. The molecule has 1 aromatic rings. The summed E-state index contributed by atoms with van der Waals surface area (Å²) in [5.74, 6) is -2.46. The molecule has 0 atom stereocenters. The molecular weight excluding hydrogens is 208 g/mol. The first-order valence-corrected chi connectivity index (χ1v) is 4.68. The van der Waals surface area contributed by atoms with Crippen molar-refractivity contribution in [3.63, 3.8) is 0 Å². The Balaban J connectivity index is 2.84. The zero-order valence-electron chi connectivity index (χ0n) is 7.11. The second-order valence-corrected chi connectivity index (χ2v) is 3.43. The number of isocyanates is 1. The summed E-state index contributed by atoms with van der Waals surface area (Å²) >= 11 is 0.452. The summed E-state index contributed by atoms with van der Waals surface area (Å²) in [7, 11) is 0. The van der Waals surface area contributed by atoms with Crippen LogP contribution in [-0.2, 0) is 11.3 Å². The Bertz CT molecular complexity index is 350. The van der Waals surface area contributed by atoms with Gasteiger partial charge in [0.2, 0.25) is 6.08 Å². The molecule has 0 saturated carbocycles. The van der Waals surface area contributed by atoms with Crippen molar-refractivity contribution in [2.24, 2.45) is 4.99 Å². The van der Waals surface area contributed by atoms with E-state index in [1.54, 1.807) is 24.3 Å². The standard InChI is InChI=1S/C9H7F2NOS/c10-9(11)14-8-4-2-1-3-7(8)5-12-6-13/h1-4,9H,5H2. The minimum atomic E-state index is -2.46. The number of halogens is 2. The Morgan fingerprint density at radius 3 is 2.79 bits per heavy atom. The summed E-state index contributed by atoms with van der Waals surface area (Å²) in [6, 6.07) is 6.61. The number of thioether (sulfide) groups is 1. The van der Waals surface area contributed by atoms with Crippen molar-refractivity contribution < 1.29 is 13.6 Å². The van der Waals surface area contributed by atoms with Gasteiger partial charge in [-0.3, -0.25) is 0 Å². The summed E-state index contributed by atoms with van der Waals surface area (Å²) < 4.78 is 24.2. The van der Waals surface area contributed by atoms with Crippen molar-refractivity contribution in [2.45, 2.75) is 17.2 Å². The maximum Gasteiger partial charge on any atom is 0.288 e. The topological polar surface area (TPSA) is 29.4 Å². The van der Waals surface area contributed by atoms with Crippen molar-refractivity contribution in [1.82, 2.24) is 0 Å². The fourth-order valence-corrected chi connectivity index (χ4v) is 1.60. The summed E-state index contributed by atoms with van der Waals surface area (Å²) in [6.45, 7) is 0.0966. The second kappa shape index (κ2) is 5.52. The molecule has 0 amide bonds. The minimum absolute atomic E-state index is 0.0966. The number of aliphatic imine (C=N–C) groups is 1. The number of carbonyl (C=O) groups excluding carboxylic acids is 1. The SMILES string of the molecule is O=C=NCc1ccccc1SC(F)F. The van der Waals surface area contributed by atoms with Gasteiger partial charge in [-0.2, -0.15) is 8.78 Å². The maximum atomic E-state index is 12.1. The number of hydrogen-bond donors (Lipinski definition) is 0. The van der Waals surface area contributed by atoms with Crippen molar-refractivity contribution in [3.8, 4) is 0 Å². The highest BCUT2D eigenvalue weighted by atomic mass is 32.2. The Morgan fingerprint density at radius 1 is 1.43 bits per heavy atom. The second-order valence-electron chi connectivity index (χ2n) is 2.39. The van der Waals surface area contributed by atoms with Gasteiger partial charge in [-0.25, -0.2) is 9.79 Å². The molecule has 0 fully saturated rings. The van der Waals surface area contributed by atoms with E-state index >= 15 is 0 Å². The first-order valence-electron chi connectivity index (χ1n) is 3.80. The first-order chi connectivity index (χ1) is 6.74. The van der Waals surface area contributed by atoms with E-state index in [4.69, 9.17) is 0 Å². The normalized spacial score (nSPS) is 9.93. The molecule has 0 aliphatic rings. The quantitative estimate of drug-likeness (QED) is 0.439. The Morgan fingerprint density at radius 2 is 2.14 bits per heavy atom. The number of alkyl halides is 2. The number of rotatable bonds is 4. The minimum Gasteiger partial charge on any atom is -0.211 e. The van der Waals surface area contributed by atoms with Gasteiger partial charge in [0.05, 0.1) is 6.54 Å². The smallest absolute Gasteiger partial charge is 0.211 e. The van der Waals surface area contributed by atoms with Gasteiger partial charge in [0.25, 0.3) is 5.76 Å². The van der Waals surface area contributed by atoms with Crippen LogP contribution in [0.2, 0.25) is 0 Å². The highest BCUT2D eigenvalue weighted by Crippen LogP contribution is 2.28. The fourth-order valence-electron chi connectivity index (χ4n) is 0.963. The molecule has 0 spiro atoms. The van der Waals surface area contributed by atoms with Gasteiger partial charge >= 0.3 is 0 Å². The van der Waals surface area contributed by atoms with Crippen molar-refractivity contribution >= 4 is 17.8 Å². The third kappa shape index (κ3) is 3.28. The van der Waals surface area contributed by atoms with Crippen LogP contribution in [0.1, 0.15) is 5.56 Å². The summed E-state index contributed by atoms with van der Waals surface area (Å²) in [4.78, 5) is 13.7. The highest BCUT2D eigenvalue weighted by Gasteiger charge is 2.08. The predicted octanol–water partition coefficient (Wildman–Crippen LogP) is 2.84. The van der Waals surface area contributed by atoms with E-state index in [0.717, 1.165) is 0 Å². The molecule has 2 nitrogen and oxygen atoms in total. The monoisotopic (exact) mass is 215 g/mol. The van der Waals surface area contributed by atoms with Gasteiger partial charge in [0, 0.05) is 4.90 Å². The first kappa shape index (κ1) is 10.9. The van der Waals surface area contributed by atoms with Crippen LogP contribution in [0.15, 0.2) is 34.2 Å². The maximum absolute atomic E-state index is 12.1. The van der Waals surface area contributed by atoms with E-state index < -0.39 is 5.76 Å². The van der Waals surface area contributed by atoms with Gasteiger partial charge in [0.1, 0.15) is 0 Å². The molecule has 14 heavy (non-hydrogen) atoms. The number of nitrogens with zero attached hydrogens (tertiary/aromatic N) is 1. The number of benzene rings is 1. The molecule has 0 aliphatic heterocycles. The Kier molecular flexibility index (Phi) is 4.29. The van der Waals surface area contributed by atoms with E-state index in [1.165, 1.54) is 6.08 Å². The molecule has 0 saturated heterocycles. The predicted molar refractivity (Wildman–Crippen MR) is 50.1 cm³/mol. The molecule has 5 heteroatoms. The van der Waals surface area contributed by atoms with Crippen LogP contribution in [0, 0.1) is 0 Å². The van der Waals surface area contributed by atoms with Gasteiger partial charge < -0.3 is 0 Å². The molecule has 0 radical (unpaired) electrons. The van der Waals surface area contributed by atoms with Crippen LogP contribution in [0.5, 0.6) is 0 Å². The lowest BCUT2D eigenvalue weighted by Crippen LogP contribution is -1.88. The van der Waals surface area contributed by atoms with Crippen LogP contribution in [-0.4, -0.2) is 11.8 Å². The zero-order valence-corrected chi connectivity index (χ0v) is 7.93. The zero-order chi connectivity index (χ0) is 10.4. The molecule has 0 aromatic heterocycles. The van der Waals surface area contributed by atoms with Crippen LogP contribution in [0.4, 0.5) is 8.78 Å². The van der Waals surface area contributed by atoms with Crippen LogP contribution < -0.4 is 0 Å². The molecular formula is C9H7F2NOS. The van der Waals surface area contributed by atoms with E-state index in [-0.39, 0.29) is 6.54 Å². The van der Waals surface area contributed by atoms with Gasteiger partial charge in [-0.15, -0.1) is 0 Å². The van der Waals surface area contributed by atoms with Crippen molar-refractivity contribution in [3.05, 3.63) is 29.8 Å². The molecule has 1 aromatic carbocycles. The molecule has 74 valence electrons. The Labute approximate surface area is 84.0 Å². The van der Waals surface area contributed by atoms with Crippen LogP contribution >= 0.6 is 11.8 Å². The van der Waals surface area contributed by atoms with Crippen LogP contribution in [0.3, 0.4) is 0 Å². The molecule has 0 bridgehead atoms. The van der Waals surface area contributed by atoms with E-state index in [1.807, 2.05) is 0 Å². The van der Waals surface area contributed by atoms with Gasteiger partial charge in [0.15, 0.2) is 0 Å². The molecule has 0 N–H and O–H groups in total. The van der Waals surface area contributed by atoms with E-state index in [9.17, 15) is 13.6 Å². The number of hydrogen-bond acceptors (Lipinski definition) is 3.